The van der Waals surface area contributed by atoms with Crippen molar-refractivity contribution in [3.05, 3.63) is 47.5 Å². The Balaban J connectivity index is 2.37. The molecular formula is C27H41NO6Si. The summed E-state index contributed by atoms with van der Waals surface area (Å²) >= 11 is 0. The lowest BCUT2D eigenvalue weighted by molar-refractivity contribution is 0.143. The third kappa shape index (κ3) is 6.63. The fraction of sp³-hybridized carbons (Fsp3) is 0.519. The molecule has 0 heterocycles. The number of carbonyl (C=O) groups excluding carboxylic acids is 1. The molecule has 2 rings (SSSR count). The van der Waals surface area contributed by atoms with Gasteiger partial charge in [0, 0.05) is 13.1 Å². The second-order valence-electron chi connectivity index (χ2n) is 9.87. The van der Waals surface area contributed by atoms with Gasteiger partial charge in [0.2, 0.25) is 0 Å². The first kappa shape index (κ1) is 28.4. The Morgan fingerprint density at radius 3 is 1.74 bits per heavy atom. The minimum absolute atomic E-state index is 0.0485. The number of methoxy groups -OCH3 is 2. The van der Waals surface area contributed by atoms with Crippen molar-refractivity contribution in [2.45, 2.75) is 71.1 Å². The second-order valence-corrected chi connectivity index (χ2v) is 15.2. The van der Waals surface area contributed by atoms with E-state index in [0.717, 1.165) is 11.1 Å². The van der Waals surface area contributed by atoms with E-state index in [4.69, 9.17) is 13.9 Å². The summed E-state index contributed by atoms with van der Waals surface area (Å²) in [6, 6.07) is 10.3. The Kier molecular flexibility index (Phi) is 9.89. The van der Waals surface area contributed by atoms with E-state index in [2.05, 4.69) is 41.5 Å². The molecule has 0 fully saturated rings. The first-order valence-corrected chi connectivity index (χ1v) is 14.3. The predicted molar refractivity (Wildman–Crippen MR) is 141 cm³/mol. The number of ether oxygens (including phenoxy) is 2. The lowest BCUT2D eigenvalue weighted by atomic mass is 10.1. The van der Waals surface area contributed by atoms with Crippen LogP contribution in [0.1, 0.15) is 52.7 Å². The molecule has 1 amide bonds. The van der Waals surface area contributed by atoms with Gasteiger partial charge in [-0.15, -0.1) is 0 Å². The van der Waals surface area contributed by atoms with Crippen LogP contribution in [0.25, 0.3) is 0 Å². The number of hydrogen-bond donors (Lipinski definition) is 2. The maximum atomic E-state index is 13.7. The number of hydrogen-bond acceptors (Lipinski definition) is 6. The molecule has 0 spiro atoms. The van der Waals surface area contributed by atoms with Crippen LogP contribution in [-0.2, 0) is 17.4 Å². The average molecular weight is 504 g/mol. The fourth-order valence-corrected chi connectivity index (χ4v) is 10.1. The first-order valence-electron chi connectivity index (χ1n) is 12.2. The molecule has 194 valence electrons. The summed E-state index contributed by atoms with van der Waals surface area (Å²) in [5, 5.41) is 19.9. The van der Waals surface area contributed by atoms with Gasteiger partial charge in [-0.3, -0.25) is 0 Å². The number of phenolic OH excluding ortho intramolecular Hbond substituents is 2. The number of aromatic hydroxyl groups is 2. The Morgan fingerprint density at radius 1 is 0.829 bits per heavy atom. The van der Waals surface area contributed by atoms with Crippen molar-refractivity contribution in [2.24, 2.45) is 0 Å². The molecular weight excluding hydrogens is 462 g/mol. The zero-order chi connectivity index (χ0) is 26.3. The molecule has 0 atom stereocenters. The van der Waals surface area contributed by atoms with Crippen LogP contribution < -0.4 is 9.47 Å². The van der Waals surface area contributed by atoms with E-state index >= 15 is 0 Å². The summed E-state index contributed by atoms with van der Waals surface area (Å²) in [7, 11) is 0.569. The van der Waals surface area contributed by atoms with Crippen LogP contribution in [0.5, 0.6) is 23.0 Å². The summed E-state index contributed by atoms with van der Waals surface area (Å²) < 4.78 is 17.0. The molecule has 0 unspecified atom stereocenters. The van der Waals surface area contributed by atoms with E-state index in [-0.39, 0.29) is 34.2 Å². The summed E-state index contributed by atoms with van der Waals surface area (Å²) in [6.45, 7) is 13.6. The van der Waals surface area contributed by atoms with E-state index in [1.54, 1.807) is 35.2 Å². The number of carbonyl (C=O) groups is 1. The zero-order valence-electron chi connectivity index (χ0n) is 22.3. The molecule has 2 N–H and O–H groups in total. The quantitative estimate of drug-likeness (QED) is 0.342. The molecule has 0 aliphatic heterocycles. The van der Waals surface area contributed by atoms with Crippen LogP contribution in [0.2, 0.25) is 16.6 Å². The third-order valence-electron chi connectivity index (χ3n) is 6.76. The van der Waals surface area contributed by atoms with Crippen LogP contribution in [-0.4, -0.2) is 50.3 Å². The van der Waals surface area contributed by atoms with Gasteiger partial charge in [-0.25, -0.2) is 4.79 Å². The SMILES string of the molecule is COc1cc(CCN(Cc2ccc(O)c(OC)c2)C(=O)O[Si](C(C)C)(C(C)C)C(C)C)ccc1O. The van der Waals surface area contributed by atoms with Crippen LogP contribution in [0.3, 0.4) is 0 Å². The maximum Gasteiger partial charge on any atom is 0.396 e. The molecule has 0 aliphatic rings. The highest BCUT2D eigenvalue weighted by Gasteiger charge is 2.48. The zero-order valence-corrected chi connectivity index (χ0v) is 23.3. The molecule has 0 saturated heterocycles. The van der Waals surface area contributed by atoms with Gasteiger partial charge >= 0.3 is 6.09 Å². The highest BCUT2D eigenvalue weighted by Crippen LogP contribution is 2.42. The maximum absolute atomic E-state index is 13.7. The van der Waals surface area contributed by atoms with Crippen LogP contribution in [0, 0.1) is 0 Å². The first-order chi connectivity index (χ1) is 16.5. The van der Waals surface area contributed by atoms with Gasteiger partial charge in [0.05, 0.1) is 14.2 Å². The standard InChI is InChI=1S/C27H41NO6Si/c1-18(2)35(19(3)4,20(5)6)34-27(31)28(17-22-10-12-24(30)26(16-22)33-8)14-13-21-9-11-23(29)25(15-21)32-7/h9-12,15-16,18-20,29-30H,13-14,17H2,1-8H3. The van der Waals surface area contributed by atoms with Crippen LogP contribution in [0.15, 0.2) is 36.4 Å². The molecule has 35 heavy (non-hydrogen) atoms. The van der Waals surface area contributed by atoms with Gasteiger partial charge in [-0.05, 0) is 58.4 Å². The van der Waals surface area contributed by atoms with E-state index in [9.17, 15) is 15.0 Å². The summed E-state index contributed by atoms with van der Waals surface area (Å²) in [6.07, 6.45) is 0.228. The Morgan fingerprint density at radius 2 is 1.29 bits per heavy atom. The van der Waals surface area contributed by atoms with Gasteiger partial charge in [0.1, 0.15) is 0 Å². The second kappa shape index (κ2) is 12.2. The molecule has 0 bridgehead atoms. The number of amides is 1. The summed E-state index contributed by atoms with van der Waals surface area (Å²) in [5.41, 5.74) is 2.56. The topological polar surface area (TPSA) is 88.5 Å². The predicted octanol–water partition coefficient (Wildman–Crippen LogP) is 6.47. The third-order valence-corrected chi connectivity index (χ3v) is 12.7. The average Bonchev–Trinajstić information content (AvgIpc) is 2.81. The lowest BCUT2D eigenvalue weighted by Gasteiger charge is -2.42. The van der Waals surface area contributed by atoms with Crippen molar-refractivity contribution in [1.82, 2.24) is 4.90 Å². The smallest absolute Gasteiger partial charge is 0.396 e. The fourth-order valence-electron chi connectivity index (χ4n) is 4.99. The Labute approximate surface area is 210 Å². The molecule has 0 aliphatic carbocycles. The molecule has 0 aromatic heterocycles. The number of nitrogens with zero attached hydrogens (tertiary/aromatic N) is 1. The molecule has 2 aromatic rings. The van der Waals surface area contributed by atoms with Gasteiger partial charge in [0.15, 0.2) is 23.0 Å². The van der Waals surface area contributed by atoms with Crippen molar-refractivity contribution in [2.75, 3.05) is 20.8 Å². The van der Waals surface area contributed by atoms with E-state index in [0.29, 0.717) is 31.0 Å². The Bertz CT molecular complexity index is 970. The van der Waals surface area contributed by atoms with Crippen molar-refractivity contribution in [3.8, 4) is 23.0 Å². The lowest BCUT2D eigenvalue weighted by Crippen LogP contribution is -2.52. The van der Waals surface area contributed by atoms with Gasteiger partial charge in [-0.2, -0.15) is 0 Å². The summed E-state index contributed by atoms with van der Waals surface area (Å²) in [4.78, 5) is 15.4. The van der Waals surface area contributed by atoms with E-state index < -0.39 is 8.32 Å². The van der Waals surface area contributed by atoms with Crippen LogP contribution >= 0.6 is 0 Å². The molecule has 0 radical (unpaired) electrons. The number of rotatable bonds is 11. The number of phenols is 2. The number of benzene rings is 2. The van der Waals surface area contributed by atoms with Crippen molar-refractivity contribution in [1.29, 1.82) is 0 Å². The van der Waals surface area contributed by atoms with Crippen molar-refractivity contribution in [3.63, 3.8) is 0 Å². The monoisotopic (exact) mass is 503 g/mol. The highest BCUT2D eigenvalue weighted by molar-refractivity contribution is 6.78. The van der Waals surface area contributed by atoms with Crippen LogP contribution in [0.4, 0.5) is 4.79 Å². The van der Waals surface area contributed by atoms with Gasteiger partial charge in [0.25, 0.3) is 8.32 Å². The minimum atomic E-state index is -2.44. The summed E-state index contributed by atoms with van der Waals surface area (Å²) in [5.74, 6) is 0.873. The van der Waals surface area contributed by atoms with E-state index in [1.165, 1.54) is 14.2 Å². The normalized spacial score (nSPS) is 11.7. The largest absolute Gasteiger partial charge is 0.504 e. The molecule has 2 aromatic carbocycles. The van der Waals surface area contributed by atoms with Crippen molar-refractivity contribution >= 4 is 14.4 Å². The Hall–Kier alpha value is -2.87. The van der Waals surface area contributed by atoms with Crippen molar-refractivity contribution < 1.29 is 28.9 Å². The highest BCUT2D eigenvalue weighted by atomic mass is 28.4. The molecule has 8 heteroatoms. The van der Waals surface area contributed by atoms with Gasteiger partial charge < -0.3 is 29.0 Å². The minimum Gasteiger partial charge on any atom is -0.504 e. The molecule has 0 saturated carbocycles. The van der Waals surface area contributed by atoms with Gasteiger partial charge in [-0.1, -0.05) is 53.7 Å². The van der Waals surface area contributed by atoms with E-state index in [1.807, 2.05) is 6.07 Å². The molecule has 7 nitrogen and oxygen atoms in total.